The van der Waals surface area contributed by atoms with Gasteiger partial charge in [0.05, 0.1) is 12.5 Å². The summed E-state index contributed by atoms with van der Waals surface area (Å²) in [5, 5.41) is 8.95. The molecule has 1 heterocycles. The lowest BCUT2D eigenvalue weighted by Crippen LogP contribution is -2.42. The van der Waals surface area contributed by atoms with Crippen LogP contribution in [0.5, 0.6) is 0 Å². The van der Waals surface area contributed by atoms with Crippen LogP contribution in [0.3, 0.4) is 0 Å². The molecule has 2 atom stereocenters. The van der Waals surface area contributed by atoms with Crippen molar-refractivity contribution >= 4 is 0 Å². The predicted octanol–water partition coefficient (Wildman–Crippen LogP) is 2.34. The summed E-state index contributed by atoms with van der Waals surface area (Å²) in [4.78, 5) is 4.93. The monoisotopic (exact) mass is 237 g/mol. The van der Waals surface area contributed by atoms with Crippen LogP contribution in [0, 0.1) is 16.7 Å². The van der Waals surface area contributed by atoms with E-state index in [0.717, 1.165) is 19.6 Å². The van der Waals surface area contributed by atoms with Crippen LogP contribution in [0.25, 0.3) is 0 Å². The Morgan fingerprint density at radius 2 is 2.06 bits per heavy atom. The van der Waals surface area contributed by atoms with Crippen molar-refractivity contribution in [3.63, 3.8) is 0 Å². The van der Waals surface area contributed by atoms with E-state index in [0.29, 0.717) is 23.9 Å². The second kappa shape index (κ2) is 5.84. The van der Waals surface area contributed by atoms with Crippen molar-refractivity contribution in [2.45, 2.75) is 52.6 Å². The van der Waals surface area contributed by atoms with Crippen LogP contribution in [0.1, 0.15) is 40.5 Å². The van der Waals surface area contributed by atoms with Crippen LogP contribution < -0.4 is 0 Å². The van der Waals surface area contributed by atoms with Gasteiger partial charge in [0.2, 0.25) is 0 Å². The highest BCUT2D eigenvalue weighted by Gasteiger charge is 2.33. The molecule has 2 unspecified atom stereocenters. The molecule has 0 spiro atoms. The Bertz CT molecular complexity index is 280. The molecule has 17 heavy (non-hydrogen) atoms. The zero-order chi connectivity index (χ0) is 13.1. The van der Waals surface area contributed by atoms with E-state index in [4.69, 9.17) is 5.26 Å². The Morgan fingerprint density at radius 1 is 1.41 bits per heavy atom. The smallest absolute Gasteiger partial charge is 0.0638 e. The lowest BCUT2D eigenvalue weighted by atomic mass is 9.92. The number of hydrogen-bond donors (Lipinski definition) is 0. The van der Waals surface area contributed by atoms with Crippen LogP contribution >= 0.6 is 0 Å². The topological polar surface area (TPSA) is 30.3 Å². The Hall–Kier alpha value is -0.590. The molecule has 0 saturated carbocycles. The number of likely N-dealkylation sites (N-methyl/N-ethyl adjacent to an activating group) is 1. The van der Waals surface area contributed by atoms with E-state index in [1.807, 2.05) is 0 Å². The first-order chi connectivity index (χ1) is 7.89. The SMILES string of the molecule is CCC(C)N1CC(CC#N)N(C)CC(C)(C)C1. The van der Waals surface area contributed by atoms with E-state index in [2.05, 4.69) is 50.6 Å². The predicted molar refractivity (Wildman–Crippen MR) is 71.8 cm³/mol. The molecule has 1 fully saturated rings. The molecule has 1 aliphatic rings. The number of hydrogen-bond acceptors (Lipinski definition) is 3. The zero-order valence-electron chi connectivity index (χ0n) is 12.0. The molecular weight excluding hydrogens is 210 g/mol. The molecule has 0 aromatic rings. The van der Waals surface area contributed by atoms with E-state index >= 15 is 0 Å². The summed E-state index contributed by atoms with van der Waals surface area (Å²) in [5.41, 5.74) is 0.308. The zero-order valence-corrected chi connectivity index (χ0v) is 12.0. The van der Waals surface area contributed by atoms with Gasteiger partial charge in [-0.3, -0.25) is 4.90 Å². The van der Waals surface area contributed by atoms with Crippen molar-refractivity contribution < 1.29 is 0 Å². The van der Waals surface area contributed by atoms with Crippen LogP contribution in [0.15, 0.2) is 0 Å². The van der Waals surface area contributed by atoms with Crippen LogP contribution in [-0.2, 0) is 0 Å². The fourth-order valence-corrected chi connectivity index (χ4v) is 2.80. The van der Waals surface area contributed by atoms with Gasteiger partial charge in [-0.1, -0.05) is 20.8 Å². The van der Waals surface area contributed by atoms with Gasteiger partial charge in [-0.15, -0.1) is 0 Å². The first-order valence-corrected chi connectivity index (χ1v) is 6.71. The molecule has 0 aromatic carbocycles. The van der Waals surface area contributed by atoms with Crippen LogP contribution in [0.4, 0.5) is 0 Å². The van der Waals surface area contributed by atoms with Crippen molar-refractivity contribution in [3.8, 4) is 6.07 Å². The second-order valence-electron chi connectivity index (χ2n) is 6.28. The minimum atomic E-state index is 0.308. The van der Waals surface area contributed by atoms with E-state index in [1.165, 1.54) is 6.42 Å². The third-order valence-corrected chi connectivity index (χ3v) is 3.92. The fourth-order valence-electron chi connectivity index (χ4n) is 2.80. The lowest BCUT2D eigenvalue weighted by Gasteiger charge is -2.33. The Morgan fingerprint density at radius 3 is 2.59 bits per heavy atom. The van der Waals surface area contributed by atoms with Gasteiger partial charge in [-0.05, 0) is 25.8 Å². The lowest BCUT2D eigenvalue weighted by molar-refractivity contribution is 0.152. The first kappa shape index (κ1) is 14.5. The van der Waals surface area contributed by atoms with Gasteiger partial charge < -0.3 is 4.90 Å². The number of rotatable bonds is 3. The highest BCUT2D eigenvalue weighted by atomic mass is 15.3. The first-order valence-electron chi connectivity index (χ1n) is 6.71. The molecule has 0 aliphatic carbocycles. The standard InChI is InChI=1S/C14H27N3/c1-6-12(2)17-9-13(7-8-15)16(5)10-14(3,4)11-17/h12-13H,6-7,9-11H2,1-5H3. The Labute approximate surface area is 106 Å². The molecular formula is C14H27N3. The van der Waals surface area contributed by atoms with E-state index in [-0.39, 0.29) is 0 Å². The minimum Gasteiger partial charge on any atom is -0.301 e. The maximum atomic E-state index is 8.95. The van der Waals surface area contributed by atoms with Gasteiger partial charge in [-0.25, -0.2) is 0 Å². The van der Waals surface area contributed by atoms with E-state index in [1.54, 1.807) is 0 Å². The average Bonchev–Trinajstić information content (AvgIpc) is 2.35. The third kappa shape index (κ3) is 3.97. The Kier molecular flexibility index (Phi) is 4.97. The molecule has 1 rings (SSSR count). The fraction of sp³-hybridized carbons (Fsp3) is 0.929. The molecule has 0 N–H and O–H groups in total. The van der Waals surface area contributed by atoms with Gasteiger partial charge in [0.1, 0.15) is 0 Å². The maximum Gasteiger partial charge on any atom is 0.0638 e. The quantitative estimate of drug-likeness (QED) is 0.755. The van der Waals surface area contributed by atoms with Crippen molar-refractivity contribution in [3.05, 3.63) is 0 Å². The summed E-state index contributed by atoms with van der Waals surface area (Å²) in [5.74, 6) is 0. The summed E-state index contributed by atoms with van der Waals surface area (Å²) >= 11 is 0. The third-order valence-electron chi connectivity index (χ3n) is 3.92. The summed E-state index contributed by atoms with van der Waals surface area (Å²) < 4.78 is 0. The summed E-state index contributed by atoms with van der Waals surface area (Å²) in [7, 11) is 2.16. The largest absolute Gasteiger partial charge is 0.301 e. The van der Waals surface area contributed by atoms with E-state index in [9.17, 15) is 0 Å². The number of nitrogens with zero attached hydrogens (tertiary/aromatic N) is 3. The van der Waals surface area contributed by atoms with Crippen molar-refractivity contribution in [2.24, 2.45) is 5.41 Å². The van der Waals surface area contributed by atoms with Crippen LogP contribution in [0.2, 0.25) is 0 Å². The summed E-state index contributed by atoms with van der Waals surface area (Å²) in [6.45, 7) is 12.4. The highest BCUT2D eigenvalue weighted by Crippen LogP contribution is 2.26. The van der Waals surface area contributed by atoms with Crippen LogP contribution in [-0.4, -0.2) is 48.6 Å². The summed E-state index contributed by atoms with van der Waals surface area (Å²) in [6.07, 6.45) is 1.82. The van der Waals surface area contributed by atoms with Crippen molar-refractivity contribution in [1.29, 1.82) is 5.26 Å². The molecule has 1 aliphatic heterocycles. The molecule has 1 saturated heterocycles. The second-order valence-corrected chi connectivity index (χ2v) is 6.28. The molecule has 3 heteroatoms. The van der Waals surface area contributed by atoms with Gasteiger partial charge in [0.15, 0.2) is 0 Å². The molecule has 0 aromatic heterocycles. The highest BCUT2D eigenvalue weighted by molar-refractivity contribution is 4.92. The van der Waals surface area contributed by atoms with Gasteiger partial charge >= 0.3 is 0 Å². The maximum absolute atomic E-state index is 8.95. The average molecular weight is 237 g/mol. The van der Waals surface area contributed by atoms with E-state index < -0.39 is 0 Å². The van der Waals surface area contributed by atoms with Crippen molar-refractivity contribution in [1.82, 2.24) is 9.80 Å². The summed E-state index contributed by atoms with van der Waals surface area (Å²) in [6, 6.07) is 3.33. The van der Waals surface area contributed by atoms with Gasteiger partial charge in [-0.2, -0.15) is 5.26 Å². The molecule has 3 nitrogen and oxygen atoms in total. The minimum absolute atomic E-state index is 0.308. The van der Waals surface area contributed by atoms with Crippen molar-refractivity contribution in [2.75, 3.05) is 26.7 Å². The molecule has 98 valence electrons. The molecule has 0 bridgehead atoms. The molecule has 0 radical (unpaired) electrons. The van der Waals surface area contributed by atoms with Gasteiger partial charge in [0.25, 0.3) is 0 Å². The van der Waals surface area contributed by atoms with Gasteiger partial charge in [0, 0.05) is 31.7 Å². The normalized spacial score (nSPS) is 28.4. The number of nitriles is 1. The molecule has 0 amide bonds. The Balaban J connectivity index is 2.82.